The number of aromatic nitrogens is 2. The minimum atomic E-state index is -0.0609. The van der Waals surface area contributed by atoms with Gasteiger partial charge in [-0.3, -0.25) is 4.79 Å². The standard InChI is InChI=1S/C16H21N3O2/c1-11(2)21-15(20)12-7-9-19(10-8-12)16-17-13-5-3-4-6-14(13)18-16/h3-6,11-12H,7-10H2,1-2H3,(H,17,18). The second-order valence-corrected chi connectivity index (χ2v) is 5.82. The van der Waals surface area contributed by atoms with E-state index in [-0.39, 0.29) is 18.0 Å². The third-order valence-electron chi connectivity index (χ3n) is 3.86. The number of carbonyl (C=O) groups excluding carboxylic acids is 1. The van der Waals surface area contributed by atoms with Crippen molar-refractivity contribution >= 4 is 23.0 Å². The van der Waals surface area contributed by atoms with Crippen molar-refractivity contribution in [3.8, 4) is 0 Å². The van der Waals surface area contributed by atoms with Gasteiger partial charge in [0.15, 0.2) is 0 Å². The van der Waals surface area contributed by atoms with Crippen LogP contribution in [0.25, 0.3) is 11.0 Å². The first-order valence-electron chi connectivity index (χ1n) is 7.53. The van der Waals surface area contributed by atoms with Crippen LogP contribution >= 0.6 is 0 Å². The Morgan fingerprint density at radius 3 is 2.71 bits per heavy atom. The molecular formula is C16H21N3O2. The number of benzene rings is 1. The molecule has 0 spiro atoms. The third kappa shape index (κ3) is 3.01. The van der Waals surface area contributed by atoms with Crippen molar-refractivity contribution in [3.05, 3.63) is 24.3 Å². The summed E-state index contributed by atoms with van der Waals surface area (Å²) in [6.07, 6.45) is 1.61. The topological polar surface area (TPSA) is 58.2 Å². The zero-order valence-corrected chi connectivity index (χ0v) is 12.5. The lowest BCUT2D eigenvalue weighted by atomic mass is 9.97. The average molecular weight is 287 g/mol. The SMILES string of the molecule is CC(C)OC(=O)C1CCN(c2nc3ccccc3[nH]2)CC1. The molecule has 112 valence electrons. The van der Waals surface area contributed by atoms with E-state index < -0.39 is 0 Å². The van der Waals surface area contributed by atoms with Crippen molar-refractivity contribution in [2.45, 2.75) is 32.8 Å². The first-order chi connectivity index (χ1) is 10.1. The van der Waals surface area contributed by atoms with Gasteiger partial charge in [0.2, 0.25) is 5.95 Å². The van der Waals surface area contributed by atoms with Crippen LogP contribution in [0.2, 0.25) is 0 Å². The van der Waals surface area contributed by atoms with Gasteiger partial charge in [-0.25, -0.2) is 4.98 Å². The summed E-state index contributed by atoms with van der Waals surface area (Å²) >= 11 is 0. The number of anilines is 1. The maximum Gasteiger partial charge on any atom is 0.309 e. The molecule has 3 rings (SSSR count). The van der Waals surface area contributed by atoms with Crippen molar-refractivity contribution in [1.29, 1.82) is 0 Å². The molecule has 0 aliphatic carbocycles. The fourth-order valence-corrected chi connectivity index (χ4v) is 2.74. The molecule has 21 heavy (non-hydrogen) atoms. The Morgan fingerprint density at radius 1 is 1.33 bits per heavy atom. The Labute approximate surface area is 124 Å². The molecule has 5 nitrogen and oxygen atoms in total. The van der Waals surface area contributed by atoms with Gasteiger partial charge >= 0.3 is 5.97 Å². The fourth-order valence-electron chi connectivity index (χ4n) is 2.74. The normalized spacial score (nSPS) is 16.6. The smallest absolute Gasteiger partial charge is 0.309 e. The quantitative estimate of drug-likeness (QED) is 0.882. The Morgan fingerprint density at radius 2 is 2.05 bits per heavy atom. The molecule has 1 saturated heterocycles. The number of carbonyl (C=O) groups is 1. The number of nitrogens with zero attached hydrogens (tertiary/aromatic N) is 2. The van der Waals surface area contributed by atoms with Crippen LogP contribution in [-0.2, 0) is 9.53 Å². The lowest BCUT2D eigenvalue weighted by molar-refractivity contribution is -0.153. The van der Waals surface area contributed by atoms with Crippen molar-refractivity contribution < 1.29 is 9.53 Å². The first kappa shape index (κ1) is 13.9. The van der Waals surface area contributed by atoms with Crippen LogP contribution in [0, 0.1) is 5.92 Å². The molecule has 1 aromatic heterocycles. The monoisotopic (exact) mass is 287 g/mol. The minimum absolute atomic E-state index is 0.0213. The number of rotatable bonds is 3. The summed E-state index contributed by atoms with van der Waals surface area (Å²) in [5, 5.41) is 0. The number of H-pyrrole nitrogens is 1. The van der Waals surface area contributed by atoms with Crippen molar-refractivity contribution in [3.63, 3.8) is 0 Å². The summed E-state index contributed by atoms with van der Waals surface area (Å²) in [6, 6.07) is 8.01. The molecule has 0 amide bonds. The van der Waals surface area contributed by atoms with E-state index in [0.717, 1.165) is 42.9 Å². The van der Waals surface area contributed by atoms with Gasteiger partial charge in [0.05, 0.1) is 23.1 Å². The summed E-state index contributed by atoms with van der Waals surface area (Å²) in [7, 11) is 0. The number of nitrogens with one attached hydrogen (secondary N) is 1. The van der Waals surface area contributed by atoms with Gasteiger partial charge in [-0.05, 0) is 38.8 Å². The van der Waals surface area contributed by atoms with E-state index in [0.29, 0.717) is 0 Å². The molecule has 1 fully saturated rings. The van der Waals surface area contributed by atoms with Gasteiger partial charge in [0.25, 0.3) is 0 Å². The summed E-state index contributed by atoms with van der Waals surface area (Å²) in [4.78, 5) is 22.1. The molecule has 0 bridgehead atoms. The highest BCUT2D eigenvalue weighted by Gasteiger charge is 2.27. The van der Waals surface area contributed by atoms with Crippen molar-refractivity contribution in [2.75, 3.05) is 18.0 Å². The van der Waals surface area contributed by atoms with E-state index in [4.69, 9.17) is 4.74 Å². The molecule has 5 heteroatoms. The molecule has 0 saturated carbocycles. The highest BCUT2D eigenvalue weighted by atomic mass is 16.5. The molecule has 1 aliphatic heterocycles. The van der Waals surface area contributed by atoms with E-state index >= 15 is 0 Å². The van der Waals surface area contributed by atoms with Crippen LogP contribution < -0.4 is 4.90 Å². The number of imidazole rings is 1. The Hall–Kier alpha value is -2.04. The first-order valence-corrected chi connectivity index (χ1v) is 7.53. The lowest BCUT2D eigenvalue weighted by Gasteiger charge is -2.30. The number of esters is 1. The Kier molecular flexibility index (Phi) is 3.82. The van der Waals surface area contributed by atoms with Crippen molar-refractivity contribution in [1.82, 2.24) is 9.97 Å². The number of aromatic amines is 1. The summed E-state index contributed by atoms with van der Waals surface area (Å²) in [5.74, 6) is 0.856. The fraction of sp³-hybridized carbons (Fsp3) is 0.500. The molecule has 1 aromatic carbocycles. The maximum absolute atomic E-state index is 11.9. The van der Waals surface area contributed by atoms with Gasteiger partial charge in [-0.15, -0.1) is 0 Å². The minimum Gasteiger partial charge on any atom is -0.463 e. The van der Waals surface area contributed by atoms with E-state index in [1.54, 1.807) is 0 Å². The highest BCUT2D eigenvalue weighted by molar-refractivity contribution is 5.77. The summed E-state index contributed by atoms with van der Waals surface area (Å²) < 4.78 is 5.30. The average Bonchev–Trinajstić information content (AvgIpc) is 2.90. The van der Waals surface area contributed by atoms with Crippen LogP contribution in [0.5, 0.6) is 0 Å². The molecule has 0 unspecified atom stereocenters. The highest BCUT2D eigenvalue weighted by Crippen LogP contribution is 2.24. The van der Waals surface area contributed by atoms with Gasteiger partial charge in [0.1, 0.15) is 0 Å². The largest absolute Gasteiger partial charge is 0.463 e. The number of hydrogen-bond acceptors (Lipinski definition) is 4. The second kappa shape index (κ2) is 5.76. The third-order valence-corrected chi connectivity index (χ3v) is 3.86. The van der Waals surface area contributed by atoms with Gasteiger partial charge in [0, 0.05) is 13.1 Å². The predicted molar refractivity (Wildman–Crippen MR) is 82.3 cm³/mol. The van der Waals surface area contributed by atoms with Gasteiger partial charge < -0.3 is 14.6 Å². The van der Waals surface area contributed by atoms with Crippen LogP contribution in [-0.4, -0.2) is 35.1 Å². The molecule has 2 aromatic rings. The second-order valence-electron chi connectivity index (χ2n) is 5.82. The number of ether oxygens (including phenoxy) is 1. The lowest BCUT2D eigenvalue weighted by Crippen LogP contribution is -2.38. The van der Waals surface area contributed by atoms with Gasteiger partial charge in [-0.1, -0.05) is 12.1 Å². The summed E-state index contributed by atoms with van der Waals surface area (Å²) in [6.45, 7) is 5.44. The van der Waals surface area contributed by atoms with Crippen LogP contribution in [0.3, 0.4) is 0 Å². The van der Waals surface area contributed by atoms with Crippen LogP contribution in [0.15, 0.2) is 24.3 Å². The van der Waals surface area contributed by atoms with Gasteiger partial charge in [-0.2, -0.15) is 0 Å². The molecule has 1 N–H and O–H groups in total. The molecule has 0 radical (unpaired) electrons. The van der Waals surface area contributed by atoms with Crippen molar-refractivity contribution in [2.24, 2.45) is 5.92 Å². The van der Waals surface area contributed by atoms with E-state index in [1.807, 2.05) is 38.1 Å². The maximum atomic E-state index is 11.9. The zero-order chi connectivity index (χ0) is 14.8. The Balaban J connectivity index is 1.64. The number of para-hydroxylation sites is 2. The summed E-state index contributed by atoms with van der Waals surface area (Å²) in [5.41, 5.74) is 2.03. The number of piperidine rings is 1. The Bertz CT molecular complexity index is 594. The molecule has 0 atom stereocenters. The van der Waals surface area contributed by atoms with E-state index in [1.165, 1.54) is 0 Å². The van der Waals surface area contributed by atoms with E-state index in [2.05, 4.69) is 14.9 Å². The van der Waals surface area contributed by atoms with Crippen LogP contribution in [0.1, 0.15) is 26.7 Å². The molecule has 1 aliphatic rings. The van der Waals surface area contributed by atoms with Crippen LogP contribution in [0.4, 0.5) is 5.95 Å². The number of fused-ring (bicyclic) bond motifs is 1. The van der Waals surface area contributed by atoms with E-state index in [9.17, 15) is 4.79 Å². The number of hydrogen-bond donors (Lipinski definition) is 1. The zero-order valence-electron chi connectivity index (χ0n) is 12.5. The molecular weight excluding hydrogens is 266 g/mol. The molecule has 2 heterocycles. The predicted octanol–water partition coefficient (Wildman–Crippen LogP) is 2.73.